The van der Waals surface area contributed by atoms with Crippen LogP contribution >= 0.6 is 0 Å². The van der Waals surface area contributed by atoms with E-state index < -0.39 is 35.8 Å². The summed E-state index contributed by atoms with van der Waals surface area (Å²) >= 11 is 0. The van der Waals surface area contributed by atoms with Crippen molar-refractivity contribution in [2.75, 3.05) is 32.6 Å². The number of hydrogen-bond acceptors (Lipinski definition) is 7. The molecule has 0 aliphatic carbocycles. The van der Waals surface area contributed by atoms with Crippen LogP contribution in [0.1, 0.15) is 64.7 Å². The first-order valence-electron chi connectivity index (χ1n) is 16.9. The molecule has 1 fully saturated rings. The molecule has 4 aromatic rings. The number of methoxy groups -OCH3 is 2. The Bertz CT molecular complexity index is 1840. The van der Waals surface area contributed by atoms with Gasteiger partial charge in [0.15, 0.2) is 0 Å². The van der Waals surface area contributed by atoms with Crippen LogP contribution in [0, 0.1) is 0 Å². The first-order chi connectivity index (χ1) is 25.0. The first kappa shape index (κ1) is 37.8. The van der Waals surface area contributed by atoms with Crippen molar-refractivity contribution in [3.05, 3.63) is 125 Å². The quantitative estimate of drug-likeness (QED) is 0.150. The van der Waals surface area contributed by atoms with Gasteiger partial charge in [0.1, 0.15) is 12.1 Å². The van der Waals surface area contributed by atoms with Gasteiger partial charge < -0.3 is 20.1 Å². The number of alkyl halides is 3. The summed E-state index contributed by atoms with van der Waals surface area (Å²) in [7, 11) is 2.49. The summed E-state index contributed by atoms with van der Waals surface area (Å²) in [6.07, 6.45) is -2.96. The largest absolute Gasteiger partial charge is 0.469 e. The highest BCUT2D eigenvalue weighted by atomic mass is 19.4. The van der Waals surface area contributed by atoms with E-state index in [2.05, 4.69) is 15.5 Å². The summed E-state index contributed by atoms with van der Waals surface area (Å²) in [4.78, 5) is 53.4. The van der Waals surface area contributed by atoms with Crippen LogP contribution in [0.15, 0.2) is 103 Å². The van der Waals surface area contributed by atoms with Crippen LogP contribution in [-0.2, 0) is 30.0 Å². The Morgan fingerprint density at radius 2 is 1.44 bits per heavy atom. The van der Waals surface area contributed by atoms with Gasteiger partial charge in [-0.2, -0.15) is 13.2 Å². The topological polar surface area (TPSA) is 114 Å². The maximum atomic E-state index is 13.8. The molecule has 0 bridgehead atoms. The summed E-state index contributed by atoms with van der Waals surface area (Å²) in [5.41, 5.74) is 3.00. The highest BCUT2D eigenvalue weighted by molar-refractivity contribution is 6.08. The molecule has 272 valence electrons. The molecule has 0 saturated carbocycles. The fourth-order valence-corrected chi connectivity index (χ4v) is 6.47. The smallest absolute Gasteiger partial charge is 0.416 e. The predicted molar refractivity (Wildman–Crippen MR) is 189 cm³/mol. The average Bonchev–Trinajstić information content (AvgIpc) is 3.16. The van der Waals surface area contributed by atoms with Crippen molar-refractivity contribution in [2.45, 2.75) is 49.9 Å². The Balaban J connectivity index is 1.23. The number of piperidine rings is 1. The molecule has 0 spiro atoms. The van der Waals surface area contributed by atoms with Gasteiger partial charge in [-0.1, -0.05) is 72.8 Å². The van der Waals surface area contributed by atoms with Crippen molar-refractivity contribution in [2.24, 2.45) is 0 Å². The van der Waals surface area contributed by atoms with Gasteiger partial charge >= 0.3 is 18.1 Å². The molecule has 12 heteroatoms. The summed E-state index contributed by atoms with van der Waals surface area (Å²) < 4.78 is 48.8. The third-order valence-electron chi connectivity index (χ3n) is 9.26. The van der Waals surface area contributed by atoms with E-state index in [1.807, 2.05) is 54.6 Å². The number of halogens is 3. The Labute approximate surface area is 300 Å². The molecule has 1 saturated heterocycles. The van der Waals surface area contributed by atoms with E-state index in [4.69, 9.17) is 9.47 Å². The van der Waals surface area contributed by atoms with E-state index in [-0.39, 0.29) is 30.6 Å². The molecule has 9 nitrogen and oxygen atoms in total. The second kappa shape index (κ2) is 17.1. The highest BCUT2D eigenvalue weighted by Crippen LogP contribution is 2.34. The van der Waals surface area contributed by atoms with Crippen LogP contribution in [0.4, 0.5) is 18.9 Å². The second-order valence-electron chi connectivity index (χ2n) is 12.5. The van der Waals surface area contributed by atoms with E-state index in [0.29, 0.717) is 35.5 Å². The molecule has 2 amide bonds. The van der Waals surface area contributed by atoms with E-state index in [1.165, 1.54) is 26.4 Å². The number of nitrogens with zero attached hydrogens (tertiary/aromatic N) is 1. The average molecular weight is 716 g/mol. The maximum absolute atomic E-state index is 13.8. The lowest BCUT2D eigenvalue weighted by Gasteiger charge is -2.37. The zero-order valence-electron chi connectivity index (χ0n) is 28.8. The Hall–Kier alpha value is -5.49. The van der Waals surface area contributed by atoms with Crippen LogP contribution in [0.2, 0.25) is 0 Å². The van der Waals surface area contributed by atoms with Crippen molar-refractivity contribution < 1.29 is 41.8 Å². The van der Waals surface area contributed by atoms with Gasteiger partial charge in [-0.3, -0.25) is 19.3 Å². The standard InChI is InChI=1S/C40H40F3N3O6/c1-51-35(47)21-20-34(39(50)52-2)45-38(49)36(29-8-4-3-5-9-29)46-24-22-27(23-25-46)26-14-18-31(19-15-26)44-37(48)33-11-7-6-10-32(33)28-12-16-30(17-13-28)40(41,42)43/h3-19,27,34,36H,20-25H2,1-2H3,(H,44,48)(H,45,49). The number of amides is 2. The molecular formula is C40H40F3N3O6. The number of ether oxygens (including phenoxy) is 2. The fourth-order valence-electron chi connectivity index (χ4n) is 6.47. The lowest BCUT2D eigenvalue weighted by atomic mass is 9.88. The Morgan fingerprint density at radius 3 is 2.06 bits per heavy atom. The zero-order chi connectivity index (χ0) is 37.3. The van der Waals surface area contributed by atoms with Gasteiger partial charge in [0.05, 0.1) is 19.8 Å². The van der Waals surface area contributed by atoms with Gasteiger partial charge in [0.2, 0.25) is 5.91 Å². The van der Waals surface area contributed by atoms with Crippen LogP contribution in [0.25, 0.3) is 11.1 Å². The number of benzene rings is 4. The third-order valence-corrected chi connectivity index (χ3v) is 9.26. The Morgan fingerprint density at radius 1 is 0.808 bits per heavy atom. The molecule has 5 rings (SSSR count). The van der Waals surface area contributed by atoms with Gasteiger partial charge in [0, 0.05) is 17.7 Å². The third kappa shape index (κ3) is 9.43. The maximum Gasteiger partial charge on any atom is 0.416 e. The van der Waals surface area contributed by atoms with Gasteiger partial charge in [-0.05, 0) is 90.9 Å². The molecule has 2 atom stereocenters. The molecular weight excluding hydrogens is 675 g/mol. The summed E-state index contributed by atoms with van der Waals surface area (Å²) in [5.74, 6) is -1.71. The lowest BCUT2D eigenvalue weighted by molar-refractivity contribution is -0.147. The minimum absolute atomic E-state index is 0.0385. The molecule has 1 aliphatic heterocycles. The number of likely N-dealkylation sites (tertiary alicyclic amines) is 1. The monoisotopic (exact) mass is 715 g/mol. The van der Waals surface area contributed by atoms with Crippen LogP contribution < -0.4 is 10.6 Å². The van der Waals surface area contributed by atoms with E-state index >= 15 is 0 Å². The van der Waals surface area contributed by atoms with E-state index in [9.17, 15) is 32.3 Å². The number of anilines is 1. The van der Waals surface area contributed by atoms with Crippen molar-refractivity contribution in [3.8, 4) is 11.1 Å². The van der Waals surface area contributed by atoms with E-state index in [0.717, 1.165) is 36.1 Å². The number of nitrogens with one attached hydrogen (secondary N) is 2. The molecule has 52 heavy (non-hydrogen) atoms. The minimum atomic E-state index is -4.45. The summed E-state index contributed by atoms with van der Waals surface area (Å²) in [6, 6.07) is 26.6. The molecule has 1 heterocycles. The first-order valence-corrected chi connectivity index (χ1v) is 16.9. The number of hydrogen-bond donors (Lipinski definition) is 2. The van der Waals surface area contributed by atoms with Gasteiger partial charge in [-0.15, -0.1) is 0 Å². The number of carbonyl (C=O) groups excluding carboxylic acids is 4. The van der Waals surface area contributed by atoms with Crippen molar-refractivity contribution in [3.63, 3.8) is 0 Å². The Kier molecular flexibility index (Phi) is 12.5. The minimum Gasteiger partial charge on any atom is -0.469 e. The molecule has 2 N–H and O–H groups in total. The lowest BCUT2D eigenvalue weighted by Crippen LogP contribution is -2.49. The van der Waals surface area contributed by atoms with Crippen molar-refractivity contribution in [1.29, 1.82) is 0 Å². The van der Waals surface area contributed by atoms with Crippen LogP contribution in [-0.4, -0.2) is 62.0 Å². The summed E-state index contributed by atoms with van der Waals surface area (Å²) in [6.45, 7) is 1.20. The molecule has 0 aromatic heterocycles. The number of rotatable bonds is 12. The highest BCUT2D eigenvalue weighted by Gasteiger charge is 2.34. The molecule has 1 aliphatic rings. The normalized spacial score (nSPS) is 14.9. The molecule has 2 unspecified atom stereocenters. The van der Waals surface area contributed by atoms with E-state index in [1.54, 1.807) is 24.3 Å². The van der Waals surface area contributed by atoms with Gasteiger partial charge in [-0.25, -0.2) is 4.79 Å². The number of esters is 2. The number of carbonyl (C=O) groups is 4. The van der Waals surface area contributed by atoms with Gasteiger partial charge in [0.25, 0.3) is 5.91 Å². The molecule has 0 radical (unpaired) electrons. The zero-order valence-corrected chi connectivity index (χ0v) is 28.8. The van der Waals surface area contributed by atoms with Crippen LogP contribution in [0.3, 0.4) is 0 Å². The summed E-state index contributed by atoms with van der Waals surface area (Å²) in [5, 5.41) is 5.70. The van der Waals surface area contributed by atoms with Crippen molar-refractivity contribution >= 4 is 29.4 Å². The second-order valence-corrected chi connectivity index (χ2v) is 12.5. The fraction of sp³-hybridized carbons (Fsp3) is 0.300. The predicted octanol–water partition coefficient (Wildman–Crippen LogP) is 7.16. The van der Waals surface area contributed by atoms with Crippen molar-refractivity contribution in [1.82, 2.24) is 10.2 Å². The SMILES string of the molecule is COC(=O)CCC(NC(=O)C(c1ccccc1)N1CCC(c2ccc(NC(=O)c3ccccc3-c3ccc(C(F)(F)F)cc3)cc2)CC1)C(=O)OC. The molecule has 4 aromatic carbocycles. The van der Waals surface area contributed by atoms with Crippen LogP contribution in [0.5, 0.6) is 0 Å².